The number of allylic oxidation sites excluding steroid dienone is 1. The molecule has 0 saturated heterocycles. The van der Waals surface area contributed by atoms with E-state index in [-0.39, 0.29) is 0 Å². The molecule has 0 saturated carbocycles. The Balaban J connectivity index is 3.44. The van der Waals surface area contributed by atoms with Crippen LogP contribution in [0.4, 0.5) is 0 Å². The predicted molar refractivity (Wildman–Crippen MR) is 41.7 cm³/mol. The molecule has 1 radical (unpaired) electrons. The summed E-state index contributed by atoms with van der Waals surface area (Å²) < 4.78 is 0. The van der Waals surface area contributed by atoms with Crippen LogP contribution in [0.25, 0.3) is 0 Å². The lowest BCUT2D eigenvalue weighted by Gasteiger charge is -1.92. The number of hydrogen-bond acceptors (Lipinski definition) is 0. The van der Waals surface area contributed by atoms with Crippen molar-refractivity contribution in [3.05, 3.63) is 19.6 Å². The molecule has 0 rings (SSSR count). The van der Waals surface area contributed by atoms with E-state index in [1.165, 1.54) is 0 Å². The summed E-state index contributed by atoms with van der Waals surface area (Å²) in [5.74, 6) is 6.25. The Morgan fingerprint density at radius 1 is 1.67 bits per heavy atom. The Bertz CT molecular complexity index is 123. The first-order valence-corrected chi connectivity index (χ1v) is 3.23. The molecule has 0 spiro atoms. The van der Waals surface area contributed by atoms with E-state index in [1.54, 1.807) is 6.08 Å². The van der Waals surface area contributed by atoms with Crippen LogP contribution in [0.2, 0.25) is 0 Å². The first-order valence-electron chi connectivity index (χ1n) is 3.23. The van der Waals surface area contributed by atoms with E-state index in [0.29, 0.717) is 5.92 Å². The highest BCUT2D eigenvalue weighted by molar-refractivity contribution is 5.07. The molecule has 0 nitrogen and oxygen atoms in total. The highest BCUT2D eigenvalue weighted by Gasteiger charge is 1.87. The van der Waals surface area contributed by atoms with Crippen LogP contribution in [-0.2, 0) is 0 Å². The fourth-order valence-corrected chi connectivity index (χ4v) is 0.377. The van der Waals surface area contributed by atoms with Gasteiger partial charge in [-0.3, -0.25) is 0 Å². The van der Waals surface area contributed by atoms with Gasteiger partial charge in [-0.05, 0) is 13.3 Å². The maximum Gasteiger partial charge on any atom is 0.0267 e. The molecule has 0 aliphatic rings. The van der Waals surface area contributed by atoms with Gasteiger partial charge in [0, 0.05) is 12.3 Å². The van der Waals surface area contributed by atoms with Crippen molar-refractivity contribution in [1.82, 2.24) is 0 Å². The zero-order chi connectivity index (χ0) is 7.11. The Morgan fingerprint density at radius 2 is 2.33 bits per heavy atom. The quantitative estimate of drug-likeness (QED) is 0.389. The molecule has 0 amide bonds. The van der Waals surface area contributed by atoms with E-state index in [0.717, 1.165) is 12.8 Å². The first kappa shape index (κ1) is 8.30. The van der Waals surface area contributed by atoms with Crippen LogP contribution in [0.5, 0.6) is 0 Å². The molecule has 0 aromatic carbocycles. The van der Waals surface area contributed by atoms with Gasteiger partial charge in [0.25, 0.3) is 0 Å². The van der Waals surface area contributed by atoms with Gasteiger partial charge in [-0.2, -0.15) is 0 Å². The van der Waals surface area contributed by atoms with Crippen molar-refractivity contribution in [1.29, 1.82) is 0 Å². The number of rotatable bonds is 2. The van der Waals surface area contributed by atoms with Crippen LogP contribution in [0.15, 0.2) is 12.7 Å². The van der Waals surface area contributed by atoms with Crippen LogP contribution in [0, 0.1) is 24.7 Å². The van der Waals surface area contributed by atoms with Gasteiger partial charge >= 0.3 is 0 Å². The maximum atomic E-state index is 3.82. The molecule has 9 heavy (non-hydrogen) atoms. The van der Waals surface area contributed by atoms with Crippen molar-refractivity contribution in [3.63, 3.8) is 0 Å². The molecule has 1 atom stereocenters. The topological polar surface area (TPSA) is 0 Å². The molecule has 0 aromatic heterocycles. The van der Waals surface area contributed by atoms with Gasteiger partial charge in [-0.25, -0.2) is 0 Å². The molecular formula is C9H13. The molecule has 0 aromatic rings. The summed E-state index contributed by atoms with van der Waals surface area (Å²) >= 11 is 0. The lowest BCUT2D eigenvalue weighted by atomic mass is 10.1. The van der Waals surface area contributed by atoms with Crippen molar-refractivity contribution in [3.8, 4) is 11.8 Å². The van der Waals surface area contributed by atoms with E-state index in [2.05, 4.69) is 32.3 Å². The minimum absolute atomic E-state index is 0.296. The Hall–Kier alpha value is -0.700. The summed E-state index contributed by atoms with van der Waals surface area (Å²) in [6, 6.07) is 0. The van der Waals surface area contributed by atoms with Crippen molar-refractivity contribution in [2.45, 2.75) is 19.8 Å². The molecule has 0 aliphatic carbocycles. The minimum Gasteiger partial charge on any atom is -0.102 e. The summed E-state index contributed by atoms with van der Waals surface area (Å²) in [6.07, 6.45) is 3.62. The fraction of sp³-hybridized carbons (Fsp3) is 0.444. The van der Waals surface area contributed by atoms with E-state index >= 15 is 0 Å². The van der Waals surface area contributed by atoms with Gasteiger partial charge in [0.05, 0.1) is 0 Å². The van der Waals surface area contributed by atoms with Gasteiger partial charge in [0.2, 0.25) is 0 Å². The van der Waals surface area contributed by atoms with Crippen LogP contribution < -0.4 is 0 Å². The average Bonchev–Trinajstić information content (AvgIpc) is 1.89. The standard InChI is InChI=1S/C9H13/c1-4-6-7-8-9(3)5-2/h4,9H,1,3,5-6H2,2H3. The molecular weight excluding hydrogens is 108 g/mol. The zero-order valence-electron chi connectivity index (χ0n) is 5.98. The summed E-state index contributed by atoms with van der Waals surface area (Å²) in [5, 5.41) is 0. The summed E-state index contributed by atoms with van der Waals surface area (Å²) in [6.45, 7) is 9.46. The molecule has 0 N–H and O–H groups in total. The normalized spacial score (nSPS) is 11.3. The van der Waals surface area contributed by atoms with Crippen molar-refractivity contribution < 1.29 is 0 Å². The fourth-order valence-electron chi connectivity index (χ4n) is 0.377. The summed E-state index contributed by atoms with van der Waals surface area (Å²) in [4.78, 5) is 0. The highest BCUT2D eigenvalue weighted by atomic mass is 13.9. The van der Waals surface area contributed by atoms with Crippen LogP contribution in [0.3, 0.4) is 0 Å². The van der Waals surface area contributed by atoms with Crippen molar-refractivity contribution in [2.24, 2.45) is 5.92 Å². The molecule has 1 unspecified atom stereocenters. The van der Waals surface area contributed by atoms with Crippen molar-refractivity contribution >= 4 is 0 Å². The SMILES string of the molecule is [CH2]C(C#CCC=C)CC. The maximum absolute atomic E-state index is 3.82. The second-order valence-electron chi connectivity index (χ2n) is 1.92. The van der Waals surface area contributed by atoms with Gasteiger partial charge in [-0.15, -0.1) is 6.58 Å². The van der Waals surface area contributed by atoms with Crippen molar-refractivity contribution in [2.75, 3.05) is 0 Å². The number of hydrogen-bond donors (Lipinski definition) is 0. The third kappa shape index (κ3) is 5.17. The largest absolute Gasteiger partial charge is 0.102 e. The smallest absolute Gasteiger partial charge is 0.0267 e. The molecule has 0 fully saturated rings. The molecule has 0 heteroatoms. The van der Waals surface area contributed by atoms with Gasteiger partial charge in [-0.1, -0.05) is 24.8 Å². The first-order chi connectivity index (χ1) is 4.31. The lowest BCUT2D eigenvalue weighted by Crippen LogP contribution is -1.84. The lowest BCUT2D eigenvalue weighted by molar-refractivity contribution is 0.796. The van der Waals surface area contributed by atoms with Crippen LogP contribution in [0.1, 0.15) is 19.8 Å². The highest BCUT2D eigenvalue weighted by Crippen LogP contribution is 1.95. The third-order valence-corrected chi connectivity index (χ3v) is 1.05. The van der Waals surface area contributed by atoms with Crippen LogP contribution in [-0.4, -0.2) is 0 Å². The average molecular weight is 121 g/mol. The summed E-state index contributed by atoms with van der Waals surface area (Å²) in [5.41, 5.74) is 0. The second kappa shape index (κ2) is 5.44. The molecule has 0 aliphatic heterocycles. The monoisotopic (exact) mass is 121 g/mol. The van der Waals surface area contributed by atoms with E-state index < -0.39 is 0 Å². The van der Waals surface area contributed by atoms with Crippen LogP contribution >= 0.6 is 0 Å². The third-order valence-electron chi connectivity index (χ3n) is 1.05. The Morgan fingerprint density at radius 3 is 2.78 bits per heavy atom. The summed E-state index contributed by atoms with van der Waals surface area (Å²) in [7, 11) is 0. The minimum atomic E-state index is 0.296. The van der Waals surface area contributed by atoms with Gasteiger partial charge in [0.1, 0.15) is 0 Å². The Kier molecular flexibility index (Phi) is 5.01. The van der Waals surface area contributed by atoms with E-state index in [1.807, 2.05) is 0 Å². The molecule has 49 valence electrons. The zero-order valence-corrected chi connectivity index (χ0v) is 5.98. The second-order valence-corrected chi connectivity index (χ2v) is 1.92. The molecule has 0 heterocycles. The molecule has 0 bridgehead atoms. The van der Waals surface area contributed by atoms with E-state index in [4.69, 9.17) is 0 Å². The van der Waals surface area contributed by atoms with Gasteiger partial charge in [0.15, 0.2) is 0 Å². The van der Waals surface area contributed by atoms with E-state index in [9.17, 15) is 0 Å². The van der Waals surface area contributed by atoms with Gasteiger partial charge < -0.3 is 0 Å². The predicted octanol–water partition coefficient (Wildman–Crippen LogP) is 2.43. The Labute approximate surface area is 58.0 Å².